The lowest BCUT2D eigenvalue weighted by molar-refractivity contribution is 1.23. The number of fused-ring (bicyclic) bond motifs is 9. The minimum Gasteiger partial charge on any atom is -0.244 e. The van der Waals surface area contributed by atoms with Crippen LogP contribution in [0.4, 0.5) is 0 Å². The Morgan fingerprint density at radius 3 is 1.92 bits per heavy atom. The minimum atomic E-state index is 1.02. The average molecular weight is 330 g/mol. The molecule has 0 spiro atoms. The van der Waals surface area contributed by atoms with Gasteiger partial charge in [0, 0.05) is 22.4 Å². The van der Waals surface area contributed by atoms with Gasteiger partial charge in [0.25, 0.3) is 0 Å². The molecule has 5 aromatic carbocycles. The molecule has 0 saturated carbocycles. The molecule has 0 bridgehead atoms. The molecule has 26 heavy (non-hydrogen) atoms. The molecule has 0 aliphatic carbocycles. The van der Waals surface area contributed by atoms with Crippen LogP contribution in [0.1, 0.15) is 0 Å². The quantitative estimate of drug-likeness (QED) is 0.308. The fourth-order valence-corrected chi connectivity index (χ4v) is 4.17. The number of hydrogen-bond donors (Lipinski definition) is 0. The van der Waals surface area contributed by atoms with Crippen LogP contribution in [-0.4, -0.2) is 9.97 Å². The maximum absolute atomic E-state index is 4.64. The molecule has 0 fully saturated rings. The van der Waals surface area contributed by atoms with Gasteiger partial charge in [-0.3, -0.25) is 0 Å². The van der Waals surface area contributed by atoms with Crippen LogP contribution in [0.25, 0.3) is 54.0 Å². The van der Waals surface area contributed by atoms with Crippen LogP contribution in [0.15, 0.2) is 85.3 Å². The second-order valence-electron chi connectivity index (χ2n) is 6.74. The smallest absolute Gasteiger partial charge is 0.116 e. The van der Waals surface area contributed by atoms with E-state index in [0.29, 0.717) is 0 Å². The van der Waals surface area contributed by atoms with Gasteiger partial charge in [-0.2, -0.15) is 0 Å². The maximum atomic E-state index is 4.64. The summed E-state index contributed by atoms with van der Waals surface area (Å²) in [6.45, 7) is 0. The van der Waals surface area contributed by atoms with E-state index in [4.69, 9.17) is 0 Å². The van der Waals surface area contributed by atoms with Crippen molar-refractivity contribution in [2.75, 3.05) is 0 Å². The largest absolute Gasteiger partial charge is 0.244 e. The topological polar surface area (TPSA) is 25.8 Å². The van der Waals surface area contributed by atoms with E-state index in [1.807, 2.05) is 6.20 Å². The predicted molar refractivity (Wildman–Crippen MR) is 110 cm³/mol. The van der Waals surface area contributed by atoms with E-state index < -0.39 is 0 Å². The Labute approximate surface area is 149 Å². The van der Waals surface area contributed by atoms with Crippen LogP contribution in [-0.2, 0) is 0 Å². The van der Waals surface area contributed by atoms with Gasteiger partial charge >= 0.3 is 0 Å². The van der Waals surface area contributed by atoms with Crippen molar-refractivity contribution in [1.82, 2.24) is 9.97 Å². The Morgan fingerprint density at radius 1 is 0.500 bits per heavy atom. The molecule has 0 aliphatic heterocycles. The predicted octanol–water partition coefficient (Wildman–Crippen LogP) is 6.24. The van der Waals surface area contributed by atoms with Crippen molar-refractivity contribution in [2.24, 2.45) is 0 Å². The highest BCUT2D eigenvalue weighted by molar-refractivity contribution is 6.31. The van der Waals surface area contributed by atoms with Gasteiger partial charge in [0.05, 0.1) is 5.52 Å². The standard InChI is InChI=1S/C24H14N2/c1-2-4-20-15(3-1)5-6-16-7-8-17-9-10-18-11-12-19-13-25-14-26-24(19)23(18)22(17)21(16)20/h1-14H. The molecule has 0 aliphatic rings. The lowest BCUT2D eigenvalue weighted by Crippen LogP contribution is -1.87. The maximum Gasteiger partial charge on any atom is 0.116 e. The van der Waals surface area contributed by atoms with Gasteiger partial charge in [-0.1, -0.05) is 72.8 Å². The molecule has 0 N–H and O–H groups in total. The first kappa shape index (κ1) is 13.7. The van der Waals surface area contributed by atoms with E-state index in [2.05, 4.69) is 82.8 Å². The van der Waals surface area contributed by atoms with Crippen LogP contribution in [0, 0.1) is 0 Å². The van der Waals surface area contributed by atoms with Crippen LogP contribution >= 0.6 is 0 Å². The highest BCUT2D eigenvalue weighted by Crippen LogP contribution is 2.38. The second kappa shape index (κ2) is 4.99. The summed E-state index contributed by atoms with van der Waals surface area (Å²) < 4.78 is 0. The molecule has 1 aromatic heterocycles. The number of aromatic nitrogens is 2. The summed E-state index contributed by atoms with van der Waals surface area (Å²) in [5.41, 5.74) is 1.02. The number of nitrogens with zero attached hydrogens (tertiary/aromatic N) is 2. The first-order chi connectivity index (χ1) is 12.9. The molecule has 6 rings (SSSR count). The number of hydrogen-bond acceptors (Lipinski definition) is 2. The summed E-state index contributed by atoms with van der Waals surface area (Å²) in [6, 6.07) is 26.1. The Hall–Kier alpha value is -3.52. The van der Waals surface area contributed by atoms with Gasteiger partial charge < -0.3 is 0 Å². The molecule has 2 heteroatoms. The van der Waals surface area contributed by atoms with Crippen molar-refractivity contribution in [2.45, 2.75) is 0 Å². The molecule has 0 amide bonds. The van der Waals surface area contributed by atoms with Crippen LogP contribution in [0.3, 0.4) is 0 Å². The molecular formula is C24H14N2. The van der Waals surface area contributed by atoms with Crippen LogP contribution in [0.5, 0.6) is 0 Å². The van der Waals surface area contributed by atoms with E-state index in [1.165, 1.54) is 43.1 Å². The highest BCUT2D eigenvalue weighted by atomic mass is 14.8. The Morgan fingerprint density at radius 2 is 1.12 bits per heavy atom. The van der Waals surface area contributed by atoms with Gasteiger partial charge in [0.2, 0.25) is 0 Å². The molecule has 0 atom stereocenters. The van der Waals surface area contributed by atoms with E-state index in [1.54, 1.807) is 6.33 Å². The van der Waals surface area contributed by atoms with Crippen molar-refractivity contribution in [1.29, 1.82) is 0 Å². The molecular weight excluding hydrogens is 316 g/mol. The average Bonchev–Trinajstić information content (AvgIpc) is 2.72. The van der Waals surface area contributed by atoms with E-state index in [-0.39, 0.29) is 0 Å². The molecule has 6 aromatic rings. The zero-order chi connectivity index (χ0) is 17.1. The third-order valence-electron chi connectivity index (χ3n) is 5.34. The third kappa shape index (κ3) is 1.76. The zero-order valence-corrected chi connectivity index (χ0v) is 14.0. The normalized spacial score (nSPS) is 11.8. The van der Waals surface area contributed by atoms with Gasteiger partial charge in [-0.05, 0) is 32.3 Å². The first-order valence-corrected chi connectivity index (χ1v) is 8.76. The van der Waals surface area contributed by atoms with Crippen LogP contribution in [0.2, 0.25) is 0 Å². The van der Waals surface area contributed by atoms with Crippen molar-refractivity contribution >= 4 is 54.0 Å². The van der Waals surface area contributed by atoms with Gasteiger partial charge in [-0.15, -0.1) is 0 Å². The fourth-order valence-electron chi connectivity index (χ4n) is 4.17. The summed E-state index contributed by atoms with van der Waals surface area (Å²) in [5.74, 6) is 0. The molecule has 0 unspecified atom stereocenters. The SMILES string of the molecule is c1ccc2c(c1)ccc1ccc3ccc4ccc5cncnc5c4c3c12. The molecule has 1 heterocycles. The Kier molecular flexibility index (Phi) is 2.64. The molecule has 0 radical (unpaired) electrons. The van der Waals surface area contributed by atoms with E-state index in [0.717, 1.165) is 10.9 Å². The lowest BCUT2D eigenvalue weighted by Gasteiger charge is -2.12. The zero-order valence-electron chi connectivity index (χ0n) is 14.0. The number of rotatable bonds is 0. The van der Waals surface area contributed by atoms with Crippen LogP contribution < -0.4 is 0 Å². The highest BCUT2D eigenvalue weighted by Gasteiger charge is 2.11. The number of benzene rings is 5. The first-order valence-electron chi connectivity index (χ1n) is 8.76. The lowest BCUT2D eigenvalue weighted by atomic mass is 9.92. The molecule has 0 saturated heterocycles. The van der Waals surface area contributed by atoms with Crippen molar-refractivity contribution in [3.8, 4) is 0 Å². The van der Waals surface area contributed by atoms with E-state index >= 15 is 0 Å². The van der Waals surface area contributed by atoms with Crippen molar-refractivity contribution in [3.05, 3.63) is 85.3 Å². The summed E-state index contributed by atoms with van der Waals surface area (Å²) in [6.07, 6.45) is 3.54. The third-order valence-corrected chi connectivity index (χ3v) is 5.34. The van der Waals surface area contributed by atoms with Gasteiger partial charge in [0.1, 0.15) is 6.33 Å². The van der Waals surface area contributed by atoms with Gasteiger partial charge in [-0.25, -0.2) is 9.97 Å². The fraction of sp³-hybridized carbons (Fsp3) is 0. The molecule has 120 valence electrons. The monoisotopic (exact) mass is 330 g/mol. The Balaban J connectivity index is 2.03. The Bertz CT molecular complexity index is 1360. The summed E-state index contributed by atoms with van der Waals surface area (Å²) in [7, 11) is 0. The minimum absolute atomic E-state index is 1.02. The van der Waals surface area contributed by atoms with Gasteiger partial charge in [0.15, 0.2) is 0 Å². The van der Waals surface area contributed by atoms with E-state index in [9.17, 15) is 0 Å². The summed E-state index contributed by atoms with van der Waals surface area (Å²) >= 11 is 0. The van der Waals surface area contributed by atoms with Crippen molar-refractivity contribution < 1.29 is 0 Å². The van der Waals surface area contributed by atoms with Crippen molar-refractivity contribution in [3.63, 3.8) is 0 Å². The molecule has 2 nitrogen and oxygen atoms in total. The second-order valence-corrected chi connectivity index (χ2v) is 6.74. The summed E-state index contributed by atoms with van der Waals surface area (Å²) in [5, 5.41) is 11.1. The summed E-state index contributed by atoms with van der Waals surface area (Å²) in [4.78, 5) is 8.84.